The van der Waals surface area contributed by atoms with Gasteiger partial charge in [0, 0.05) is 31.9 Å². The Bertz CT molecular complexity index is 1310. The van der Waals surface area contributed by atoms with Crippen LogP contribution in [0, 0.1) is 13.8 Å². The molecular formula is C21H21F3N4O4. The molecule has 170 valence electrons. The van der Waals surface area contributed by atoms with Crippen LogP contribution >= 0.6 is 0 Å². The fourth-order valence-electron chi connectivity index (χ4n) is 3.51. The van der Waals surface area contributed by atoms with E-state index in [1.54, 1.807) is 13.8 Å². The second-order valence-electron chi connectivity index (χ2n) is 7.33. The number of anilines is 1. The highest BCUT2D eigenvalue weighted by atomic mass is 19.4. The van der Waals surface area contributed by atoms with Crippen LogP contribution in [0.4, 0.5) is 18.9 Å². The average Bonchev–Trinajstić information content (AvgIpc) is 2.70. The molecule has 2 heterocycles. The zero-order chi connectivity index (χ0) is 23.8. The third-order valence-corrected chi connectivity index (χ3v) is 5.15. The van der Waals surface area contributed by atoms with Crippen molar-refractivity contribution in [2.75, 3.05) is 5.32 Å². The number of carbonyl (C=O) groups excluding carboxylic acids is 1. The molecule has 0 saturated heterocycles. The Morgan fingerprint density at radius 1 is 1.09 bits per heavy atom. The van der Waals surface area contributed by atoms with E-state index >= 15 is 0 Å². The molecule has 3 rings (SSSR count). The number of alkyl halides is 3. The lowest BCUT2D eigenvalue weighted by Gasteiger charge is -2.15. The third-order valence-electron chi connectivity index (χ3n) is 5.15. The number of aryl methyl sites for hydroxylation is 3. The molecule has 2 aromatic heterocycles. The van der Waals surface area contributed by atoms with Gasteiger partial charge in [-0.3, -0.25) is 18.7 Å². The Balaban J connectivity index is 1.78. The van der Waals surface area contributed by atoms with Crippen molar-refractivity contribution in [1.29, 1.82) is 0 Å². The molecule has 1 amide bonds. The summed E-state index contributed by atoms with van der Waals surface area (Å²) < 4.78 is 42.8. The average molecular weight is 450 g/mol. The van der Waals surface area contributed by atoms with Crippen molar-refractivity contribution < 1.29 is 22.7 Å². The lowest BCUT2D eigenvalue weighted by atomic mass is 10.00. The fourth-order valence-corrected chi connectivity index (χ4v) is 3.51. The smallest absolute Gasteiger partial charge is 0.406 e. The van der Waals surface area contributed by atoms with Crippen LogP contribution in [0.25, 0.3) is 11.0 Å². The fraction of sp³-hybridized carbons (Fsp3) is 0.333. The lowest BCUT2D eigenvalue weighted by molar-refractivity contribution is -0.274. The number of carbonyl (C=O) groups is 1. The number of aromatic nitrogens is 3. The van der Waals surface area contributed by atoms with Crippen molar-refractivity contribution >= 4 is 22.6 Å². The van der Waals surface area contributed by atoms with Crippen LogP contribution in [0.3, 0.4) is 0 Å². The van der Waals surface area contributed by atoms with Crippen molar-refractivity contribution in [3.8, 4) is 5.75 Å². The number of nitrogens with zero attached hydrogens (tertiary/aromatic N) is 3. The number of benzene rings is 1. The largest absolute Gasteiger partial charge is 0.573 e. The van der Waals surface area contributed by atoms with E-state index in [0.29, 0.717) is 22.3 Å². The summed E-state index contributed by atoms with van der Waals surface area (Å²) in [5.41, 5.74) is 1.62. The van der Waals surface area contributed by atoms with E-state index in [1.807, 2.05) is 0 Å². The molecule has 0 spiro atoms. The van der Waals surface area contributed by atoms with E-state index in [9.17, 15) is 27.6 Å². The first kappa shape index (κ1) is 23.0. The Morgan fingerprint density at radius 2 is 1.72 bits per heavy atom. The second kappa shape index (κ2) is 8.48. The number of rotatable bonds is 5. The van der Waals surface area contributed by atoms with Crippen LogP contribution in [0.15, 0.2) is 33.9 Å². The molecular weight excluding hydrogens is 429 g/mol. The summed E-state index contributed by atoms with van der Waals surface area (Å²) >= 11 is 0. The first-order chi connectivity index (χ1) is 14.9. The summed E-state index contributed by atoms with van der Waals surface area (Å²) in [7, 11) is 2.93. The summed E-state index contributed by atoms with van der Waals surface area (Å²) in [5, 5.41) is 2.92. The predicted octanol–water partition coefficient (Wildman–Crippen LogP) is 2.72. The summed E-state index contributed by atoms with van der Waals surface area (Å²) in [6.45, 7) is 3.48. The van der Waals surface area contributed by atoms with Gasteiger partial charge in [0.05, 0.1) is 5.39 Å². The molecule has 11 heteroatoms. The highest BCUT2D eigenvalue weighted by molar-refractivity contribution is 5.91. The van der Waals surface area contributed by atoms with E-state index in [4.69, 9.17) is 0 Å². The van der Waals surface area contributed by atoms with Crippen LogP contribution in [0.1, 0.15) is 23.2 Å². The maximum atomic E-state index is 12.6. The van der Waals surface area contributed by atoms with E-state index < -0.39 is 17.6 Å². The molecule has 0 atom stereocenters. The van der Waals surface area contributed by atoms with Crippen LogP contribution in [0.5, 0.6) is 5.75 Å². The van der Waals surface area contributed by atoms with Gasteiger partial charge in [0.2, 0.25) is 5.91 Å². The number of nitrogens with one attached hydrogen (secondary N) is 1. The Morgan fingerprint density at radius 3 is 2.31 bits per heavy atom. The number of amides is 1. The molecule has 1 aromatic carbocycles. The predicted molar refractivity (Wildman–Crippen MR) is 112 cm³/mol. The summed E-state index contributed by atoms with van der Waals surface area (Å²) in [5.74, 6) is -0.748. The van der Waals surface area contributed by atoms with Gasteiger partial charge in [-0.25, -0.2) is 9.78 Å². The number of hydrogen-bond acceptors (Lipinski definition) is 5. The zero-order valence-electron chi connectivity index (χ0n) is 17.8. The molecule has 0 unspecified atom stereocenters. The number of hydrogen-bond donors (Lipinski definition) is 1. The highest BCUT2D eigenvalue weighted by Gasteiger charge is 2.31. The van der Waals surface area contributed by atoms with Crippen molar-refractivity contribution in [2.45, 2.75) is 33.1 Å². The maximum Gasteiger partial charge on any atom is 0.573 e. The molecule has 0 fully saturated rings. The number of fused-ring (bicyclic) bond motifs is 1. The quantitative estimate of drug-likeness (QED) is 0.645. The summed E-state index contributed by atoms with van der Waals surface area (Å²) in [6, 6.07) is 4.81. The summed E-state index contributed by atoms with van der Waals surface area (Å²) in [4.78, 5) is 41.6. The van der Waals surface area contributed by atoms with Gasteiger partial charge >= 0.3 is 12.1 Å². The molecule has 0 aliphatic heterocycles. The Kier molecular flexibility index (Phi) is 6.11. The monoisotopic (exact) mass is 450 g/mol. The van der Waals surface area contributed by atoms with Gasteiger partial charge in [0.25, 0.3) is 5.56 Å². The zero-order valence-corrected chi connectivity index (χ0v) is 17.8. The first-order valence-electron chi connectivity index (χ1n) is 9.60. The van der Waals surface area contributed by atoms with Crippen LogP contribution in [0.2, 0.25) is 0 Å². The molecule has 32 heavy (non-hydrogen) atoms. The number of halogens is 3. The first-order valence-corrected chi connectivity index (χ1v) is 9.60. The molecule has 8 nitrogen and oxygen atoms in total. The molecule has 1 N–H and O–H groups in total. The minimum atomic E-state index is -4.79. The molecule has 0 aliphatic rings. The molecule has 0 radical (unpaired) electrons. The normalized spacial score (nSPS) is 11.6. The minimum absolute atomic E-state index is 0.0573. The maximum absolute atomic E-state index is 12.6. The van der Waals surface area contributed by atoms with Gasteiger partial charge in [-0.15, -0.1) is 13.2 Å². The Labute approximate surface area is 180 Å². The van der Waals surface area contributed by atoms with Crippen molar-refractivity contribution in [2.24, 2.45) is 14.1 Å². The minimum Gasteiger partial charge on any atom is -0.406 e. The van der Waals surface area contributed by atoms with Crippen LogP contribution < -0.4 is 21.3 Å². The second-order valence-corrected chi connectivity index (χ2v) is 7.33. The SMILES string of the molecule is Cc1nc2c(c(C)c1CCC(=O)Nc1ccc(OC(F)(F)F)cc1)c(=O)n(C)c(=O)n2C. The van der Waals surface area contributed by atoms with E-state index in [-0.39, 0.29) is 30.1 Å². The van der Waals surface area contributed by atoms with Gasteiger partial charge < -0.3 is 10.1 Å². The van der Waals surface area contributed by atoms with Gasteiger partial charge in [-0.05, 0) is 55.7 Å². The van der Waals surface area contributed by atoms with Gasteiger partial charge in [0.1, 0.15) is 11.4 Å². The van der Waals surface area contributed by atoms with Gasteiger partial charge in [-0.2, -0.15) is 0 Å². The van der Waals surface area contributed by atoms with E-state index in [2.05, 4.69) is 15.0 Å². The van der Waals surface area contributed by atoms with Crippen molar-refractivity contribution in [1.82, 2.24) is 14.1 Å². The van der Waals surface area contributed by atoms with Crippen molar-refractivity contribution in [3.63, 3.8) is 0 Å². The third kappa shape index (κ3) is 4.66. The summed E-state index contributed by atoms with van der Waals surface area (Å²) in [6.07, 6.45) is -4.45. The molecule has 3 aromatic rings. The Hall–Kier alpha value is -3.63. The van der Waals surface area contributed by atoms with Crippen LogP contribution in [-0.4, -0.2) is 26.4 Å². The number of ether oxygens (including phenoxy) is 1. The molecule has 0 aliphatic carbocycles. The van der Waals surface area contributed by atoms with Crippen molar-refractivity contribution in [3.05, 3.63) is 61.9 Å². The molecule has 0 bridgehead atoms. The van der Waals surface area contributed by atoms with Crippen LogP contribution in [-0.2, 0) is 25.3 Å². The van der Waals surface area contributed by atoms with E-state index in [0.717, 1.165) is 22.3 Å². The topological polar surface area (TPSA) is 95.2 Å². The lowest BCUT2D eigenvalue weighted by Crippen LogP contribution is -2.38. The molecule has 0 saturated carbocycles. The van der Waals surface area contributed by atoms with Gasteiger partial charge in [-0.1, -0.05) is 0 Å². The highest BCUT2D eigenvalue weighted by Crippen LogP contribution is 2.24. The number of pyridine rings is 1. The van der Waals surface area contributed by atoms with E-state index in [1.165, 1.54) is 30.8 Å². The standard InChI is InChI=1S/C21H21F3N4O4/c1-11-15(12(2)25-18-17(11)19(30)28(4)20(31)27(18)3)9-10-16(29)26-13-5-7-14(8-6-13)32-21(22,23)24/h5-8H,9-10H2,1-4H3,(H,26,29). The van der Waals surface area contributed by atoms with Gasteiger partial charge in [0.15, 0.2) is 0 Å².